The Bertz CT molecular complexity index is 1350. The molecule has 2 amide bonds. The Balaban J connectivity index is 1.34. The number of carbonyl (C=O) groups is 3. The van der Waals surface area contributed by atoms with Crippen molar-refractivity contribution in [3.63, 3.8) is 0 Å². The number of methoxy groups -OCH3 is 1. The fourth-order valence-corrected chi connectivity index (χ4v) is 7.33. The molecule has 8 nitrogen and oxygen atoms in total. The zero-order chi connectivity index (χ0) is 27.8. The maximum absolute atomic E-state index is 13.3. The third-order valence-electron chi connectivity index (χ3n) is 7.80. The molecule has 1 aliphatic heterocycles. The third kappa shape index (κ3) is 5.63. The van der Waals surface area contributed by atoms with E-state index in [0.29, 0.717) is 50.3 Å². The minimum absolute atomic E-state index is 0.0571. The number of amides is 2. The zero-order valence-electron chi connectivity index (χ0n) is 22.1. The lowest BCUT2D eigenvalue weighted by atomic mass is 9.94. The quantitative estimate of drug-likeness (QED) is 0.298. The predicted octanol–water partition coefficient (Wildman–Crippen LogP) is 5.57. The SMILES string of the molecule is COc1ccc(-c2ccc(C=C3SC(=S)N(C4CC5CCC4C5)C3=O)o2)cc1C(=O)NC(CC(C)C)C(=O)O. The average molecular weight is 569 g/mol. The van der Waals surface area contributed by atoms with Gasteiger partial charge in [-0.25, -0.2) is 4.79 Å². The second-order valence-electron chi connectivity index (χ2n) is 10.9. The highest BCUT2D eigenvalue weighted by molar-refractivity contribution is 8.26. The zero-order valence-corrected chi connectivity index (χ0v) is 23.8. The van der Waals surface area contributed by atoms with Gasteiger partial charge < -0.3 is 19.6 Å². The lowest BCUT2D eigenvalue weighted by molar-refractivity contribution is -0.139. The Morgan fingerprint density at radius 1 is 1.26 bits per heavy atom. The molecule has 2 bridgehead atoms. The second-order valence-corrected chi connectivity index (χ2v) is 12.6. The van der Waals surface area contributed by atoms with Gasteiger partial charge in [0.05, 0.1) is 17.6 Å². The van der Waals surface area contributed by atoms with Crippen LogP contribution in [0.15, 0.2) is 39.7 Å². The van der Waals surface area contributed by atoms with Crippen molar-refractivity contribution in [2.45, 2.75) is 58.0 Å². The van der Waals surface area contributed by atoms with Gasteiger partial charge in [0.15, 0.2) is 0 Å². The van der Waals surface area contributed by atoms with Crippen LogP contribution in [-0.2, 0) is 9.59 Å². The van der Waals surface area contributed by atoms with Crippen molar-refractivity contribution >= 4 is 52.2 Å². The molecule has 4 atom stereocenters. The van der Waals surface area contributed by atoms with E-state index in [1.54, 1.807) is 36.4 Å². The molecular weight excluding hydrogens is 536 g/mol. The van der Waals surface area contributed by atoms with Crippen LogP contribution in [0.2, 0.25) is 0 Å². The van der Waals surface area contributed by atoms with Gasteiger partial charge in [0.25, 0.3) is 11.8 Å². The van der Waals surface area contributed by atoms with Gasteiger partial charge in [-0.05, 0) is 73.8 Å². The lowest BCUT2D eigenvalue weighted by Gasteiger charge is -2.30. The van der Waals surface area contributed by atoms with Crippen molar-refractivity contribution in [3.05, 3.63) is 46.6 Å². The smallest absolute Gasteiger partial charge is 0.326 e. The van der Waals surface area contributed by atoms with Crippen LogP contribution in [0.3, 0.4) is 0 Å². The molecule has 2 N–H and O–H groups in total. The van der Waals surface area contributed by atoms with Gasteiger partial charge in [0, 0.05) is 17.7 Å². The molecule has 3 aliphatic rings. The van der Waals surface area contributed by atoms with E-state index >= 15 is 0 Å². The van der Waals surface area contributed by atoms with E-state index in [0.717, 1.165) is 6.42 Å². The van der Waals surface area contributed by atoms with Crippen LogP contribution >= 0.6 is 24.0 Å². The molecule has 0 radical (unpaired) electrons. The molecule has 2 heterocycles. The molecule has 5 rings (SSSR count). The van der Waals surface area contributed by atoms with Gasteiger partial charge in [-0.3, -0.25) is 14.5 Å². The van der Waals surface area contributed by atoms with Crippen molar-refractivity contribution in [3.8, 4) is 17.1 Å². The first-order valence-corrected chi connectivity index (χ1v) is 14.5. The summed E-state index contributed by atoms with van der Waals surface area (Å²) in [5.74, 6) is 0.981. The summed E-state index contributed by atoms with van der Waals surface area (Å²) in [4.78, 5) is 40.3. The average Bonchev–Trinajstić information content (AvgIpc) is 3.68. The number of nitrogens with one attached hydrogen (secondary N) is 1. The number of carboxylic acids is 1. The first-order valence-electron chi connectivity index (χ1n) is 13.2. The van der Waals surface area contributed by atoms with E-state index in [4.69, 9.17) is 21.4 Å². The summed E-state index contributed by atoms with van der Waals surface area (Å²) in [6.45, 7) is 3.79. The molecule has 4 unspecified atom stereocenters. The van der Waals surface area contributed by atoms with Gasteiger partial charge in [-0.1, -0.05) is 44.2 Å². The molecule has 1 aromatic heterocycles. The topological polar surface area (TPSA) is 109 Å². The molecule has 2 aromatic rings. The van der Waals surface area contributed by atoms with E-state index < -0.39 is 17.9 Å². The molecule has 1 aromatic carbocycles. The van der Waals surface area contributed by atoms with Crippen LogP contribution in [0, 0.1) is 17.8 Å². The normalized spacial score (nSPS) is 24.2. The van der Waals surface area contributed by atoms with Crippen molar-refractivity contribution in [1.29, 1.82) is 0 Å². The minimum atomic E-state index is -1.09. The largest absolute Gasteiger partial charge is 0.496 e. The summed E-state index contributed by atoms with van der Waals surface area (Å²) in [5.41, 5.74) is 0.820. The van der Waals surface area contributed by atoms with Crippen LogP contribution in [0.1, 0.15) is 62.1 Å². The van der Waals surface area contributed by atoms with Crippen molar-refractivity contribution in [1.82, 2.24) is 10.2 Å². The van der Waals surface area contributed by atoms with Crippen molar-refractivity contribution in [2.24, 2.45) is 17.8 Å². The Hall–Kier alpha value is -3.11. The third-order valence-corrected chi connectivity index (χ3v) is 9.13. The molecule has 39 heavy (non-hydrogen) atoms. The van der Waals surface area contributed by atoms with Crippen molar-refractivity contribution < 1.29 is 28.6 Å². The molecule has 206 valence electrons. The number of aliphatic carboxylic acids is 1. The Labute approximate surface area is 237 Å². The number of carboxylic acid groups (broad SMARTS) is 1. The predicted molar refractivity (Wildman–Crippen MR) is 153 cm³/mol. The summed E-state index contributed by atoms with van der Waals surface area (Å²) in [6.07, 6.45) is 6.68. The van der Waals surface area contributed by atoms with Crippen LogP contribution in [-0.4, -0.2) is 51.3 Å². The highest BCUT2D eigenvalue weighted by Crippen LogP contribution is 2.49. The Kier molecular flexibility index (Phi) is 7.87. The van der Waals surface area contributed by atoms with E-state index in [9.17, 15) is 19.5 Å². The molecule has 0 spiro atoms. The monoisotopic (exact) mass is 568 g/mol. The number of nitrogens with zero attached hydrogens (tertiary/aromatic N) is 1. The molecular formula is C29H32N2O6S2. The van der Waals surface area contributed by atoms with Gasteiger partial charge >= 0.3 is 5.97 Å². The van der Waals surface area contributed by atoms with Gasteiger partial charge in [-0.2, -0.15) is 0 Å². The Morgan fingerprint density at radius 2 is 2.05 bits per heavy atom. The van der Waals surface area contributed by atoms with Crippen LogP contribution in [0.4, 0.5) is 0 Å². The fourth-order valence-electron chi connectivity index (χ4n) is 5.98. The number of benzene rings is 1. The van der Waals surface area contributed by atoms with E-state index in [-0.39, 0.29) is 23.4 Å². The molecule has 1 saturated heterocycles. The number of ether oxygens (including phenoxy) is 1. The first-order chi connectivity index (χ1) is 18.6. The number of carbonyl (C=O) groups excluding carboxylic acids is 2. The molecule has 2 saturated carbocycles. The summed E-state index contributed by atoms with van der Waals surface area (Å²) >= 11 is 6.90. The van der Waals surface area contributed by atoms with E-state index in [2.05, 4.69) is 5.32 Å². The number of fused-ring (bicyclic) bond motifs is 2. The fraction of sp³-hybridized carbons (Fsp3) is 0.448. The molecule has 3 fully saturated rings. The van der Waals surface area contributed by atoms with Crippen LogP contribution < -0.4 is 10.1 Å². The molecule has 2 aliphatic carbocycles. The second kappa shape index (κ2) is 11.2. The van der Waals surface area contributed by atoms with Gasteiger partial charge in [-0.15, -0.1) is 0 Å². The molecule has 10 heteroatoms. The van der Waals surface area contributed by atoms with Crippen molar-refractivity contribution in [2.75, 3.05) is 7.11 Å². The maximum atomic E-state index is 13.3. The maximum Gasteiger partial charge on any atom is 0.326 e. The van der Waals surface area contributed by atoms with Crippen LogP contribution in [0.25, 0.3) is 17.4 Å². The highest BCUT2D eigenvalue weighted by atomic mass is 32.2. The number of hydrogen-bond acceptors (Lipinski definition) is 7. The summed E-state index contributed by atoms with van der Waals surface area (Å²) in [7, 11) is 1.45. The van der Waals surface area contributed by atoms with E-state index in [1.807, 2.05) is 18.7 Å². The summed E-state index contributed by atoms with van der Waals surface area (Å²) < 4.78 is 12.0. The number of hydrogen-bond donors (Lipinski definition) is 2. The van der Waals surface area contributed by atoms with Gasteiger partial charge in [0.2, 0.25) is 0 Å². The standard InChI is InChI=1S/C29H32N2O6S2/c1-15(2)10-21(28(34)35)30-26(32)20-13-18(6-8-24(20)36-3)23-9-7-19(37-23)14-25-27(33)31(29(38)39-25)22-12-16-4-5-17(22)11-16/h6-9,13-17,21-22H,4-5,10-12H2,1-3H3,(H,30,32)(H,34,35). The highest BCUT2D eigenvalue weighted by Gasteiger charge is 2.48. The lowest BCUT2D eigenvalue weighted by Crippen LogP contribution is -2.41. The number of thiocarbonyl (C=S) groups is 1. The number of thioether (sulfide) groups is 1. The van der Waals surface area contributed by atoms with E-state index in [1.165, 1.54) is 38.1 Å². The number of rotatable bonds is 9. The van der Waals surface area contributed by atoms with Gasteiger partial charge in [0.1, 0.15) is 27.6 Å². The Morgan fingerprint density at radius 3 is 2.69 bits per heavy atom. The number of furan rings is 1. The summed E-state index contributed by atoms with van der Waals surface area (Å²) in [6, 6.07) is 7.75. The summed E-state index contributed by atoms with van der Waals surface area (Å²) in [5, 5.41) is 12.1. The van der Waals surface area contributed by atoms with Crippen LogP contribution in [0.5, 0.6) is 5.75 Å². The minimum Gasteiger partial charge on any atom is -0.496 e. The first kappa shape index (κ1) is 27.5.